The van der Waals surface area contributed by atoms with Gasteiger partial charge in [-0.15, -0.1) is 0 Å². The highest BCUT2D eigenvalue weighted by Gasteiger charge is 2.24. The third kappa shape index (κ3) is 5.24. The fourth-order valence-corrected chi connectivity index (χ4v) is 4.45. The van der Waals surface area contributed by atoms with E-state index in [4.69, 9.17) is 10.5 Å². The Kier molecular flexibility index (Phi) is 7.94. The van der Waals surface area contributed by atoms with Crippen molar-refractivity contribution in [3.8, 4) is 16.9 Å². The van der Waals surface area contributed by atoms with Gasteiger partial charge in [-0.05, 0) is 43.9 Å². The van der Waals surface area contributed by atoms with Crippen LogP contribution >= 0.6 is 0 Å². The van der Waals surface area contributed by atoms with Crippen LogP contribution in [0.2, 0.25) is 0 Å². The number of unbranched alkanes of at least 4 members (excludes halogenated alkanes) is 2. The molecule has 1 fully saturated rings. The van der Waals surface area contributed by atoms with Gasteiger partial charge in [-0.2, -0.15) is 0 Å². The van der Waals surface area contributed by atoms with Gasteiger partial charge in [-0.1, -0.05) is 31.9 Å². The van der Waals surface area contributed by atoms with Crippen molar-refractivity contribution in [1.29, 1.82) is 0 Å². The largest absolute Gasteiger partial charge is 0.508 e. The van der Waals surface area contributed by atoms with Crippen molar-refractivity contribution >= 4 is 5.91 Å². The zero-order valence-electron chi connectivity index (χ0n) is 18.3. The first kappa shape index (κ1) is 22.4. The molecule has 0 atom stereocenters. The predicted octanol–water partition coefficient (Wildman–Crippen LogP) is 3.72. The lowest BCUT2D eigenvalue weighted by molar-refractivity contribution is 0.0369. The summed E-state index contributed by atoms with van der Waals surface area (Å²) in [5.74, 6) is -0.213. The highest BCUT2D eigenvalue weighted by molar-refractivity contribution is 6.02. The lowest BCUT2D eigenvalue weighted by atomic mass is 9.97. The van der Waals surface area contributed by atoms with E-state index in [0.717, 1.165) is 94.0 Å². The average molecular weight is 414 g/mol. The van der Waals surface area contributed by atoms with Crippen LogP contribution in [0.15, 0.2) is 24.3 Å². The first-order valence-corrected chi connectivity index (χ1v) is 11.1. The van der Waals surface area contributed by atoms with Gasteiger partial charge in [0.15, 0.2) is 0 Å². The number of morpholine rings is 1. The minimum Gasteiger partial charge on any atom is -0.508 e. The molecule has 1 aliphatic rings. The van der Waals surface area contributed by atoms with E-state index in [1.54, 1.807) is 12.1 Å². The van der Waals surface area contributed by atoms with E-state index in [1.165, 1.54) is 0 Å². The number of phenolic OH excluding ortho intramolecular Hbond substituents is 1. The number of nitrogens with zero attached hydrogens (tertiary/aromatic N) is 2. The molecule has 1 saturated heterocycles. The van der Waals surface area contributed by atoms with Crippen LogP contribution in [0.5, 0.6) is 5.75 Å². The number of aromatic nitrogens is 1. The van der Waals surface area contributed by atoms with Crippen LogP contribution in [-0.2, 0) is 17.7 Å². The monoisotopic (exact) mass is 413 g/mol. The maximum atomic E-state index is 12.4. The average Bonchev–Trinajstić information content (AvgIpc) is 3.01. The van der Waals surface area contributed by atoms with Crippen LogP contribution in [0.4, 0.5) is 0 Å². The first-order valence-electron chi connectivity index (χ1n) is 11.1. The van der Waals surface area contributed by atoms with Crippen molar-refractivity contribution in [3.05, 3.63) is 41.2 Å². The topological polar surface area (TPSA) is 80.7 Å². The van der Waals surface area contributed by atoms with Crippen LogP contribution in [0, 0.1) is 6.92 Å². The van der Waals surface area contributed by atoms with Gasteiger partial charge < -0.3 is 20.1 Å². The molecule has 164 valence electrons. The van der Waals surface area contributed by atoms with Crippen LogP contribution in [-0.4, -0.2) is 53.3 Å². The molecular formula is C24H35N3O3. The van der Waals surface area contributed by atoms with Crippen molar-refractivity contribution in [2.24, 2.45) is 5.73 Å². The summed E-state index contributed by atoms with van der Waals surface area (Å²) in [6.07, 6.45) is 5.25. The third-order valence-corrected chi connectivity index (χ3v) is 5.99. The molecule has 0 aliphatic carbocycles. The molecule has 6 heteroatoms. The lowest BCUT2D eigenvalue weighted by Gasteiger charge is -2.26. The molecule has 1 amide bonds. The Hall–Kier alpha value is -2.31. The molecule has 30 heavy (non-hydrogen) atoms. The number of rotatable bonds is 10. The molecule has 2 aromatic rings. The van der Waals surface area contributed by atoms with Crippen molar-refractivity contribution in [3.63, 3.8) is 0 Å². The summed E-state index contributed by atoms with van der Waals surface area (Å²) >= 11 is 0. The summed E-state index contributed by atoms with van der Waals surface area (Å²) in [5, 5.41) is 10.0. The fraction of sp³-hybridized carbons (Fsp3) is 0.542. The molecule has 0 unspecified atom stereocenters. The van der Waals surface area contributed by atoms with Gasteiger partial charge in [0.2, 0.25) is 0 Å². The quantitative estimate of drug-likeness (QED) is 0.582. The number of nitrogens with two attached hydrogens (primary N) is 1. The third-order valence-electron chi connectivity index (χ3n) is 5.99. The van der Waals surface area contributed by atoms with Gasteiger partial charge in [0, 0.05) is 43.1 Å². The first-order chi connectivity index (χ1) is 14.5. The van der Waals surface area contributed by atoms with Gasteiger partial charge in [0.25, 0.3) is 5.91 Å². The number of hydrogen-bond donors (Lipinski definition) is 2. The zero-order valence-corrected chi connectivity index (χ0v) is 18.3. The summed E-state index contributed by atoms with van der Waals surface area (Å²) in [6.45, 7) is 9.62. The Morgan fingerprint density at radius 1 is 1.17 bits per heavy atom. The molecule has 1 aromatic carbocycles. The number of amides is 1. The minimum atomic E-state index is -0.408. The van der Waals surface area contributed by atoms with Crippen LogP contribution in [0.25, 0.3) is 11.1 Å². The van der Waals surface area contributed by atoms with Gasteiger partial charge in [-0.3, -0.25) is 9.69 Å². The van der Waals surface area contributed by atoms with E-state index in [9.17, 15) is 9.90 Å². The SMILES string of the molecule is CCCCCc1c(-c2cccc(O)c2)c(C(N)=O)c(C)n1CCCN1CCOCC1. The maximum absolute atomic E-state index is 12.4. The Morgan fingerprint density at radius 2 is 1.93 bits per heavy atom. The zero-order chi connectivity index (χ0) is 21.5. The Bertz CT molecular complexity index is 854. The van der Waals surface area contributed by atoms with Gasteiger partial charge in [0.1, 0.15) is 5.75 Å². The predicted molar refractivity (Wildman–Crippen MR) is 120 cm³/mol. The Labute approximate surface area is 179 Å². The molecule has 2 heterocycles. The summed E-state index contributed by atoms with van der Waals surface area (Å²) in [6, 6.07) is 7.14. The summed E-state index contributed by atoms with van der Waals surface area (Å²) in [5.41, 5.74) is 10.2. The number of primary amides is 1. The second-order valence-electron chi connectivity index (χ2n) is 8.11. The number of phenols is 1. The molecule has 3 rings (SSSR count). The van der Waals surface area contributed by atoms with Crippen LogP contribution in [0.3, 0.4) is 0 Å². The van der Waals surface area contributed by atoms with Crippen molar-refractivity contribution in [2.45, 2.75) is 52.5 Å². The van der Waals surface area contributed by atoms with Crippen molar-refractivity contribution in [2.75, 3.05) is 32.8 Å². The van der Waals surface area contributed by atoms with E-state index < -0.39 is 5.91 Å². The normalized spacial score (nSPS) is 14.9. The number of benzene rings is 1. The highest BCUT2D eigenvalue weighted by atomic mass is 16.5. The Balaban J connectivity index is 1.94. The lowest BCUT2D eigenvalue weighted by Crippen LogP contribution is -2.37. The Morgan fingerprint density at radius 3 is 2.60 bits per heavy atom. The number of hydrogen-bond acceptors (Lipinski definition) is 4. The highest BCUT2D eigenvalue weighted by Crippen LogP contribution is 2.35. The summed E-state index contributed by atoms with van der Waals surface area (Å²) < 4.78 is 7.73. The van der Waals surface area contributed by atoms with E-state index in [-0.39, 0.29) is 5.75 Å². The summed E-state index contributed by atoms with van der Waals surface area (Å²) in [7, 11) is 0. The van der Waals surface area contributed by atoms with E-state index in [0.29, 0.717) is 5.56 Å². The van der Waals surface area contributed by atoms with Gasteiger partial charge in [0.05, 0.1) is 18.8 Å². The molecule has 0 spiro atoms. The van der Waals surface area contributed by atoms with Crippen LogP contribution < -0.4 is 5.73 Å². The maximum Gasteiger partial charge on any atom is 0.251 e. The van der Waals surface area contributed by atoms with Gasteiger partial charge in [-0.25, -0.2) is 0 Å². The standard InChI is InChI=1S/C24H35N3O3/c1-3-4-5-10-21-23(19-8-6-9-20(28)17-19)22(24(25)29)18(2)27(21)12-7-11-26-13-15-30-16-14-26/h6,8-9,17,28H,3-5,7,10-16H2,1-2H3,(H2,25,29). The van der Waals surface area contributed by atoms with E-state index in [1.807, 2.05) is 19.1 Å². The molecule has 1 aliphatic heterocycles. The molecule has 1 aromatic heterocycles. The van der Waals surface area contributed by atoms with Gasteiger partial charge >= 0.3 is 0 Å². The second kappa shape index (κ2) is 10.6. The minimum absolute atomic E-state index is 0.195. The van der Waals surface area contributed by atoms with Crippen LogP contribution in [0.1, 0.15) is 54.4 Å². The fourth-order valence-electron chi connectivity index (χ4n) is 4.45. The summed E-state index contributed by atoms with van der Waals surface area (Å²) in [4.78, 5) is 14.9. The molecule has 0 bridgehead atoms. The van der Waals surface area contributed by atoms with Crippen molar-refractivity contribution in [1.82, 2.24) is 9.47 Å². The number of ether oxygens (including phenoxy) is 1. The van der Waals surface area contributed by atoms with E-state index in [2.05, 4.69) is 16.4 Å². The van der Waals surface area contributed by atoms with Crippen molar-refractivity contribution < 1.29 is 14.6 Å². The molecular weight excluding hydrogens is 378 g/mol. The van der Waals surface area contributed by atoms with E-state index >= 15 is 0 Å². The molecule has 0 saturated carbocycles. The number of carbonyl (C=O) groups excluding carboxylic acids is 1. The smallest absolute Gasteiger partial charge is 0.251 e. The molecule has 3 N–H and O–H groups in total. The molecule has 0 radical (unpaired) electrons. The second-order valence-corrected chi connectivity index (χ2v) is 8.11. The number of carbonyl (C=O) groups is 1. The number of aromatic hydroxyl groups is 1. The molecule has 6 nitrogen and oxygen atoms in total.